The lowest BCUT2D eigenvalue weighted by Crippen LogP contribution is -2.25. The number of carbonyl (C=O) groups excluding carboxylic acids is 1. The fourth-order valence-electron chi connectivity index (χ4n) is 2.20. The maximum absolute atomic E-state index is 11.9. The number of hydrazone groups is 1. The molecule has 132 valence electrons. The Balaban J connectivity index is 1.92. The highest BCUT2D eigenvalue weighted by Crippen LogP contribution is 2.27. The molecule has 0 spiro atoms. The lowest BCUT2D eigenvalue weighted by molar-refractivity contribution is -0.123. The van der Waals surface area contributed by atoms with Crippen LogP contribution in [0.15, 0.2) is 41.5 Å². The van der Waals surface area contributed by atoms with E-state index in [1.54, 1.807) is 18.2 Å². The minimum absolute atomic E-state index is 0.104. The third-order valence-corrected chi connectivity index (χ3v) is 4.39. The van der Waals surface area contributed by atoms with E-state index >= 15 is 0 Å². The Hall–Kier alpha value is -2.09. The minimum Gasteiger partial charge on any atom is -0.507 e. The topological polar surface area (TPSA) is 70.9 Å². The standard InChI is InChI=1S/C19H21IN2O3/c1-12(2)15-6-4-13(3)8-18(15)25-11-19(24)22-21-10-14-5-7-17(23)16(20)9-14/h4-10,12,23H,11H2,1-3H3,(H,22,24)/b21-10+. The smallest absolute Gasteiger partial charge is 0.277 e. The van der Waals surface area contributed by atoms with Crippen LogP contribution in [0.25, 0.3) is 0 Å². The van der Waals surface area contributed by atoms with Gasteiger partial charge in [0.25, 0.3) is 5.91 Å². The molecule has 0 bridgehead atoms. The highest BCUT2D eigenvalue weighted by Gasteiger charge is 2.10. The zero-order valence-corrected chi connectivity index (χ0v) is 16.6. The Bertz CT molecular complexity index is 788. The summed E-state index contributed by atoms with van der Waals surface area (Å²) in [5.74, 6) is 0.922. The van der Waals surface area contributed by atoms with Gasteiger partial charge in [-0.1, -0.05) is 26.0 Å². The number of phenolic OH excluding ortho intramolecular Hbond substituents is 1. The van der Waals surface area contributed by atoms with E-state index in [4.69, 9.17) is 4.74 Å². The number of nitrogens with one attached hydrogen (secondary N) is 1. The first-order valence-electron chi connectivity index (χ1n) is 7.90. The maximum Gasteiger partial charge on any atom is 0.277 e. The van der Waals surface area contributed by atoms with Crippen LogP contribution in [0.3, 0.4) is 0 Å². The summed E-state index contributed by atoms with van der Waals surface area (Å²) in [5.41, 5.74) is 5.37. The van der Waals surface area contributed by atoms with Crippen LogP contribution in [0.1, 0.15) is 36.5 Å². The molecule has 2 aromatic rings. The quantitative estimate of drug-likeness (QED) is 0.396. The van der Waals surface area contributed by atoms with Gasteiger partial charge in [0.2, 0.25) is 0 Å². The number of hydrogen-bond acceptors (Lipinski definition) is 4. The molecule has 0 radical (unpaired) electrons. The summed E-state index contributed by atoms with van der Waals surface area (Å²) in [6.45, 7) is 6.05. The monoisotopic (exact) mass is 452 g/mol. The van der Waals surface area contributed by atoms with Crippen molar-refractivity contribution in [1.29, 1.82) is 0 Å². The Morgan fingerprint density at radius 3 is 2.76 bits per heavy atom. The van der Waals surface area contributed by atoms with Gasteiger partial charge in [-0.3, -0.25) is 4.79 Å². The van der Waals surface area contributed by atoms with Crippen LogP contribution in [0.5, 0.6) is 11.5 Å². The third kappa shape index (κ3) is 5.74. The summed E-state index contributed by atoms with van der Waals surface area (Å²) >= 11 is 2.03. The van der Waals surface area contributed by atoms with Crippen molar-refractivity contribution in [3.63, 3.8) is 0 Å². The van der Waals surface area contributed by atoms with Crippen LogP contribution in [0, 0.1) is 10.5 Å². The Kier molecular flexibility index (Phi) is 6.81. The van der Waals surface area contributed by atoms with Crippen molar-refractivity contribution >= 4 is 34.7 Å². The molecular formula is C19H21IN2O3. The van der Waals surface area contributed by atoms with Crippen LogP contribution in [0.4, 0.5) is 0 Å². The summed E-state index contributed by atoms with van der Waals surface area (Å²) in [6, 6.07) is 11.1. The van der Waals surface area contributed by atoms with Crippen LogP contribution in [-0.4, -0.2) is 23.8 Å². The fraction of sp³-hybridized carbons (Fsp3) is 0.263. The van der Waals surface area contributed by atoms with E-state index in [-0.39, 0.29) is 18.3 Å². The summed E-state index contributed by atoms with van der Waals surface area (Å²) in [7, 11) is 0. The van der Waals surface area contributed by atoms with Gasteiger partial charge in [0.15, 0.2) is 6.61 Å². The molecule has 1 amide bonds. The lowest BCUT2D eigenvalue weighted by atomic mass is 10.0. The number of carbonyl (C=O) groups is 1. The van der Waals surface area contributed by atoms with Crippen molar-refractivity contribution in [3.8, 4) is 11.5 Å². The number of halogens is 1. The summed E-state index contributed by atoms with van der Waals surface area (Å²) in [6.07, 6.45) is 1.52. The first-order valence-corrected chi connectivity index (χ1v) is 8.98. The number of rotatable bonds is 6. The van der Waals surface area contributed by atoms with E-state index in [9.17, 15) is 9.90 Å². The molecule has 0 unspecified atom stereocenters. The van der Waals surface area contributed by atoms with Gasteiger partial charge in [-0.25, -0.2) is 5.43 Å². The molecule has 0 aliphatic carbocycles. The number of amides is 1. The number of ether oxygens (including phenoxy) is 1. The van der Waals surface area contributed by atoms with Gasteiger partial charge in [-0.15, -0.1) is 0 Å². The molecule has 0 aliphatic heterocycles. The Morgan fingerprint density at radius 2 is 2.08 bits per heavy atom. The highest BCUT2D eigenvalue weighted by atomic mass is 127. The van der Waals surface area contributed by atoms with Crippen LogP contribution in [-0.2, 0) is 4.79 Å². The maximum atomic E-state index is 11.9. The predicted octanol–water partition coefficient (Wildman–Crippen LogP) is 3.96. The molecule has 0 aliphatic rings. The number of aryl methyl sites for hydroxylation is 1. The van der Waals surface area contributed by atoms with Crippen molar-refractivity contribution in [1.82, 2.24) is 5.43 Å². The third-order valence-electron chi connectivity index (χ3n) is 3.52. The lowest BCUT2D eigenvalue weighted by Gasteiger charge is -2.14. The average Bonchev–Trinajstić information content (AvgIpc) is 2.56. The second kappa shape index (κ2) is 8.84. The number of benzene rings is 2. The highest BCUT2D eigenvalue weighted by molar-refractivity contribution is 14.1. The Morgan fingerprint density at radius 1 is 1.32 bits per heavy atom. The molecule has 5 nitrogen and oxygen atoms in total. The summed E-state index contributed by atoms with van der Waals surface area (Å²) in [5, 5.41) is 13.4. The van der Waals surface area contributed by atoms with Gasteiger partial charge >= 0.3 is 0 Å². The van der Waals surface area contributed by atoms with Crippen molar-refractivity contribution in [2.24, 2.45) is 5.10 Å². The van der Waals surface area contributed by atoms with Gasteiger partial charge in [0, 0.05) is 0 Å². The molecule has 2 aromatic carbocycles. The zero-order chi connectivity index (χ0) is 18.4. The van der Waals surface area contributed by atoms with Gasteiger partial charge in [-0.05, 0) is 76.4 Å². The number of hydrogen-bond donors (Lipinski definition) is 2. The normalized spacial score (nSPS) is 11.1. The van der Waals surface area contributed by atoms with Crippen LogP contribution in [0.2, 0.25) is 0 Å². The molecule has 0 saturated heterocycles. The molecule has 0 heterocycles. The second-order valence-electron chi connectivity index (χ2n) is 5.99. The summed E-state index contributed by atoms with van der Waals surface area (Å²) < 4.78 is 6.38. The largest absolute Gasteiger partial charge is 0.507 e. The Labute approximate surface area is 161 Å². The van der Waals surface area contributed by atoms with Crippen LogP contribution < -0.4 is 10.2 Å². The predicted molar refractivity (Wildman–Crippen MR) is 107 cm³/mol. The fourth-order valence-corrected chi connectivity index (χ4v) is 2.74. The SMILES string of the molecule is Cc1ccc(C(C)C)c(OCC(=O)N/N=C/c2ccc(O)c(I)c2)c1. The molecular weight excluding hydrogens is 431 g/mol. The minimum atomic E-state index is -0.332. The number of phenols is 1. The van der Waals surface area contributed by atoms with E-state index in [2.05, 4.69) is 24.4 Å². The zero-order valence-electron chi connectivity index (χ0n) is 14.4. The molecule has 0 saturated carbocycles. The van der Waals surface area contributed by atoms with E-state index in [0.717, 1.165) is 26.0 Å². The van der Waals surface area contributed by atoms with Crippen molar-refractivity contribution in [3.05, 3.63) is 56.7 Å². The van der Waals surface area contributed by atoms with Crippen molar-refractivity contribution in [2.45, 2.75) is 26.7 Å². The van der Waals surface area contributed by atoms with E-state index in [0.29, 0.717) is 5.92 Å². The summed E-state index contributed by atoms with van der Waals surface area (Å²) in [4.78, 5) is 11.9. The first-order chi connectivity index (χ1) is 11.9. The van der Waals surface area contributed by atoms with Crippen molar-refractivity contribution < 1.29 is 14.6 Å². The number of nitrogens with zero attached hydrogens (tertiary/aromatic N) is 1. The average molecular weight is 452 g/mol. The van der Waals surface area contributed by atoms with Crippen LogP contribution >= 0.6 is 22.6 Å². The van der Waals surface area contributed by atoms with Gasteiger partial charge in [-0.2, -0.15) is 5.10 Å². The number of aromatic hydroxyl groups is 1. The molecule has 2 rings (SSSR count). The molecule has 2 N–H and O–H groups in total. The van der Waals surface area contributed by atoms with Gasteiger partial charge in [0.1, 0.15) is 11.5 Å². The molecule has 0 atom stereocenters. The van der Waals surface area contributed by atoms with Gasteiger partial charge in [0.05, 0.1) is 9.78 Å². The van der Waals surface area contributed by atoms with Crippen molar-refractivity contribution in [2.75, 3.05) is 6.61 Å². The molecule has 25 heavy (non-hydrogen) atoms. The molecule has 6 heteroatoms. The van der Waals surface area contributed by atoms with E-state index < -0.39 is 0 Å². The molecule has 0 fully saturated rings. The first kappa shape index (κ1) is 19.2. The van der Waals surface area contributed by atoms with E-state index in [1.807, 2.05) is 47.7 Å². The molecule has 0 aromatic heterocycles. The second-order valence-corrected chi connectivity index (χ2v) is 7.15. The van der Waals surface area contributed by atoms with E-state index in [1.165, 1.54) is 6.21 Å². The van der Waals surface area contributed by atoms with Gasteiger partial charge < -0.3 is 9.84 Å².